The van der Waals surface area contributed by atoms with Crippen molar-refractivity contribution in [3.05, 3.63) is 18.2 Å². The average molecular weight is 238 g/mol. The quantitative estimate of drug-likeness (QED) is 0.783. The Bertz CT molecular complexity index is 319. The second-order valence-electron chi connectivity index (χ2n) is 4.99. The van der Waals surface area contributed by atoms with Crippen LogP contribution in [0.5, 0.6) is 0 Å². The summed E-state index contributed by atoms with van der Waals surface area (Å²) >= 11 is 0. The fraction of sp³-hybridized carbons (Fsp3) is 0.769. The van der Waals surface area contributed by atoms with Gasteiger partial charge in [0.05, 0.1) is 6.33 Å². The van der Waals surface area contributed by atoms with Gasteiger partial charge in [0.15, 0.2) is 0 Å². The van der Waals surface area contributed by atoms with E-state index >= 15 is 0 Å². The molecule has 17 heavy (non-hydrogen) atoms. The number of hydrogen-bond donors (Lipinski definition) is 1. The van der Waals surface area contributed by atoms with Crippen molar-refractivity contribution < 1.29 is 0 Å². The molecule has 0 bridgehead atoms. The molecule has 0 radical (unpaired) electrons. The molecule has 1 aromatic rings. The molecule has 1 unspecified atom stereocenters. The van der Waals surface area contributed by atoms with Crippen molar-refractivity contribution in [3.8, 4) is 0 Å². The Labute approximate surface area is 105 Å². The SMILES string of the molecule is CCN(C)CCn1cncc1C(CN)C(C)C. The first kappa shape index (κ1) is 14.2. The molecule has 1 aromatic heterocycles. The highest BCUT2D eigenvalue weighted by atomic mass is 15.1. The molecule has 1 atom stereocenters. The minimum absolute atomic E-state index is 0.407. The smallest absolute Gasteiger partial charge is 0.0948 e. The molecule has 2 N–H and O–H groups in total. The van der Waals surface area contributed by atoms with Gasteiger partial charge in [0.1, 0.15) is 0 Å². The van der Waals surface area contributed by atoms with Crippen LogP contribution >= 0.6 is 0 Å². The zero-order chi connectivity index (χ0) is 12.8. The predicted octanol–water partition coefficient (Wildman–Crippen LogP) is 1.53. The third-order valence-electron chi connectivity index (χ3n) is 3.45. The van der Waals surface area contributed by atoms with Gasteiger partial charge in [-0.2, -0.15) is 0 Å². The average Bonchev–Trinajstić information content (AvgIpc) is 2.74. The molecule has 0 spiro atoms. The van der Waals surface area contributed by atoms with Crippen LogP contribution in [0.25, 0.3) is 0 Å². The molecular formula is C13H26N4. The lowest BCUT2D eigenvalue weighted by molar-refractivity contribution is 0.330. The van der Waals surface area contributed by atoms with Crippen LogP contribution in [0.4, 0.5) is 0 Å². The fourth-order valence-electron chi connectivity index (χ4n) is 2.00. The Morgan fingerprint density at radius 2 is 2.18 bits per heavy atom. The first-order valence-corrected chi connectivity index (χ1v) is 6.48. The number of likely N-dealkylation sites (N-methyl/N-ethyl adjacent to an activating group) is 1. The highest BCUT2D eigenvalue weighted by Crippen LogP contribution is 2.22. The third kappa shape index (κ3) is 3.82. The minimum atomic E-state index is 0.407. The third-order valence-corrected chi connectivity index (χ3v) is 3.45. The van der Waals surface area contributed by atoms with Gasteiger partial charge in [-0.05, 0) is 19.5 Å². The van der Waals surface area contributed by atoms with Crippen LogP contribution in [0, 0.1) is 5.92 Å². The van der Waals surface area contributed by atoms with E-state index in [1.807, 2.05) is 12.5 Å². The summed E-state index contributed by atoms with van der Waals surface area (Å²) in [6, 6.07) is 0. The summed E-state index contributed by atoms with van der Waals surface area (Å²) in [5.74, 6) is 0.962. The van der Waals surface area contributed by atoms with E-state index in [1.165, 1.54) is 5.69 Å². The summed E-state index contributed by atoms with van der Waals surface area (Å²) in [6.07, 6.45) is 3.88. The lowest BCUT2D eigenvalue weighted by atomic mass is 9.93. The molecule has 1 rings (SSSR count). The Morgan fingerprint density at radius 1 is 1.47 bits per heavy atom. The largest absolute Gasteiger partial charge is 0.333 e. The second kappa shape index (κ2) is 6.77. The Kier molecular flexibility index (Phi) is 5.65. The molecule has 0 aliphatic carbocycles. The summed E-state index contributed by atoms with van der Waals surface area (Å²) < 4.78 is 2.24. The number of aromatic nitrogens is 2. The van der Waals surface area contributed by atoms with E-state index < -0.39 is 0 Å². The van der Waals surface area contributed by atoms with Gasteiger partial charge in [0.2, 0.25) is 0 Å². The van der Waals surface area contributed by atoms with E-state index in [0.717, 1.165) is 19.6 Å². The van der Waals surface area contributed by atoms with E-state index in [9.17, 15) is 0 Å². The lowest BCUT2D eigenvalue weighted by Crippen LogP contribution is -2.25. The first-order chi connectivity index (χ1) is 8.10. The summed E-state index contributed by atoms with van der Waals surface area (Å²) in [6.45, 7) is 10.4. The molecule has 98 valence electrons. The Morgan fingerprint density at radius 3 is 2.71 bits per heavy atom. The normalized spacial score (nSPS) is 13.6. The molecule has 0 amide bonds. The zero-order valence-electron chi connectivity index (χ0n) is 11.6. The molecule has 0 aromatic carbocycles. The van der Waals surface area contributed by atoms with Gasteiger partial charge in [-0.1, -0.05) is 20.8 Å². The summed E-state index contributed by atoms with van der Waals surface area (Å²) in [7, 11) is 2.14. The van der Waals surface area contributed by atoms with Crippen LogP contribution in [-0.4, -0.2) is 41.1 Å². The molecule has 0 fully saturated rings. The minimum Gasteiger partial charge on any atom is -0.333 e. The maximum Gasteiger partial charge on any atom is 0.0948 e. The number of imidazole rings is 1. The Balaban J connectivity index is 2.71. The maximum atomic E-state index is 5.86. The van der Waals surface area contributed by atoms with Crippen molar-refractivity contribution in [2.24, 2.45) is 11.7 Å². The number of nitrogens with zero attached hydrogens (tertiary/aromatic N) is 3. The predicted molar refractivity (Wildman–Crippen MR) is 72.0 cm³/mol. The van der Waals surface area contributed by atoms with Crippen molar-refractivity contribution in [2.45, 2.75) is 33.2 Å². The molecule has 1 heterocycles. The van der Waals surface area contributed by atoms with Crippen molar-refractivity contribution in [3.63, 3.8) is 0 Å². The van der Waals surface area contributed by atoms with E-state index in [1.54, 1.807) is 0 Å². The topological polar surface area (TPSA) is 47.1 Å². The molecule has 0 aliphatic heterocycles. The first-order valence-electron chi connectivity index (χ1n) is 6.48. The van der Waals surface area contributed by atoms with Crippen molar-refractivity contribution >= 4 is 0 Å². The van der Waals surface area contributed by atoms with Gasteiger partial charge >= 0.3 is 0 Å². The van der Waals surface area contributed by atoms with Crippen LogP contribution in [0.1, 0.15) is 32.4 Å². The summed E-state index contributed by atoms with van der Waals surface area (Å²) in [4.78, 5) is 6.57. The molecule has 0 aliphatic rings. The number of rotatable bonds is 7. The van der Waals surface area contributed by atoms with Crippen LogP contribution in [-0.2, 0) is 6.54 Å². The monoisotopic (exact) mass is 238 g/mol. The van der Waals surface area contributed by atoms with Crippen molar-refractivity contribution in [1.82, 2.24) is 14.5 Å². The Hall–Kier alpha value is -0.870. The summed E-state index contributed by atoms with van der Waals surface area (Å²) in [5.41, 5.74) is 7.13. The van der Waals surface area contributed by atoms with Gasteiger partial charge in [-0.15, -0.1) is 0 Å². The molecule has 0 saturated carbocycles. The molecule has 4 nitrogen and oxygen atoms in total. The van der Waals surface area contributed by atoms with Crippen molar-refractivity contribution in [1.29, 1.82) is 0 Å². The van der Waals surface area contributed by atoms with Crippen LogP contribution in [0.2, 0.25) is 0 Å². The standard InChI is InChI=1S/C13H26N4/c1-5-16(4)6-7-17-10-15-9-13(17)12(8-14)11(2)3/h9-12H,5-8,14H2,1-4H3. The fourth-order valence-corrected chi connectivity index (χ4v) is 2.00. The van der Waals surface area contributed by atoms with Gasteiger partial charge in [0, 0.05) is 37.4 Å². The van der Waals surface area contributed by atoms with E-state index in [0.29, 0.717) is 18.4 Å². The van der Waals surface area contributed by atoms with Gasteiger partial charge in [-0.25, -0.2) is 4.98 Å². The second-order valence-corrected chi connectivity index (χ2v) is 4.99. The summed E-state index contributed by atoms with van der Waals surface area (Å²) in [5, 5.41) is 0. The molecule has 0 saturated heterocycles. The van der Waals surface area contributed by atoms with Crippen molar-refractivity contribution in [2.75, 3.05) is 26.7 Å². The zero-order valence-corrected chi connectivity index (χ0v) is 11.6. The van der Waals surface area contributed by atoms with Crippen LogP contribution in [0.3, 0.4) is 0 Å². The lowest BCUT2D eigenvalue weighted by Gasteiger charge is -2.22. The molecule has 4 heteroatoms. The highest BCUT2D eigenvalue weighted by molar-refractivity contribution is 5.08. The molecular weight excluding hydrogens is 212 g/mol. The maximum absolute atomic E-state index is 5.86. The van der Waals surface area contributed by atoms with Crippen LogP contribution < -0.4 is 5.73 Å². The van der Waals surface area contributed by atoms with Crippen LogP contribution in [0.15, 0.2) is 12.5 Å². The van der Waals surface area contributed by atoms with Gasteiger partial charge < -0.3 is 15.2 Å². The highest BCUT2D eigenvalue weighted by Gasteiger charge is 2.18. The van der Waals surface area contributed by atoms with E-state index in [2.05, 4.69) is 42.3 Å². The van der Waals surface area contributed by atoms with E-state index in [-0.39, 0.29) is 0 Å². The number of hydrogen-bond acceptors (Lipinski definition) is 3. The van der Waals surface area contributed by atoms with Gasteiger partial charge in [0.25, 0.3) is 0 Å². The van der Waals surface area contributed by atoms with E-state index in [4.69, 9.17) is 5.73 Å². The number of nitrogens with two attached hydrogens (primary N) is 1. The van der Waals surface area contributed by atoms with Gasteiger partial charge in [-0.3, -0.25) is 0 Å².